The number of anilines is 2. The van der Waals surface area contributed by atoms with E-state index in [-0.39, 0.29) is 35.8 Å². The lowest BCUT2D eigenvalue weighted by Gasteiger charge is -2.35. The maximum Gasteiger partial charge on any atom is 0.337 e. The van der Waals surface area contributed by atoms with E-state index in [9.17, 15) is 23.9 Å². The molecule has 0 radical (unpaired) electrons. The van der Waals surface area contributed by atoms with E-state index in [0.717, 1.165) is 6.07 Å². The minimum atomic E-state index is -1.20. The maximum atomic E-state index is 13.4. The van der Waals surface area contributed by atoms with Gasteiger partial charge in [-0.2, -0.15) is 5.26 Å². The van der Waals surface area contributed by atoms with E-state index in [4.69, 9.17) is 5.26 Å². The van der Waals surface area contributed by atoms with Crippen LogP contribution in [0.5, 0.6) is 0 Å². The molecule has 1 aliphatic heterocycles. The summed E-state index contributed by atoms with van der Waals surface area (Å²) in [5.74, 6) is -2.59. The van der Waals surface area contributed by atoms with Crippen molar-refractivity contribution >= 4 is 29.2 Å². The first kappa shape index (κ1) is 22.7. The molecule has 0 aromatic heterocycles. The number of benzene rings is 2. The van der Waals surface area contributed by atoms with Crippen LogP contribution in [0.4, 0.5) is 15.8 Å². The Kier molecular flexibility index (Phi) is 7.36. The molecule has 0 unspecified atom stereocenters. The average molecular weight is 439 g/mol. The van der Waals surface area contributed by atoms with Gasteiger partial charge in [-0.25, -0.2) is 9.18 Å². The summed E-state index contributed by atoms with van der Waals surface area (Å²) in [5, 5.41) is 23.2. The lowest BCUT2D eigenvalue weighted by Crippen LogP contribution is -2.49. The van der Waals surface area contributed by atoms with Crippen molar-refractivity contribution in [3.05, 3.63) is 59.4 Å². The van der Waals surface area contributed by atoms with Crippen LogP contribution >= 0.6 is 0 Å². The Morgan fingerprint density at radius 1 is 1.09 bits per heavy atom. The molecule has 10 heteroatoms. The Labute approximate surface area is 184 Å². The molecule has 1 aliphatic rings. The molecule has 0 saturated carbocycles. The maximum absolute atomic E-state index is 13.4. The number of piperazine rings is 1. The van der Waals surface area contributed by atoms with Crippen LogP contribution in [-0.4, -0.2) is 67.1 Å². The van der Waals surface area contributed by atoms with E-state index >= 15 is 0 Å². The van der Waals surface area contributed by atoms with Crippen LogP contribution in [0.25, 0.3) is 0 Å². The number of carboxylic acids is 1. The van der Waals surface area contributed by atoms with Crippen molar-refractivity contribution in [1.29, 1.82) is 5.26 Å². The molecule has 32 heavy (non-hydrogen) atoms. The third kappa shape index (κ3) is 5.80. The molecule has 0 spiro atoms. The number of carboxylic acid groups (broad SMARTS) is 1. The highest BCUT2D eigenvalue weighted by Crippen LogP contribution is 2.25. The van der Waals surface area contributed by atoms with E-state index in [1.807, 2.05) is 15.9 Å². The highest BCUT2D eigenvalue weighted by molar-refractivity contribution is 6.08. The fourth-order valence-corrected chi connectivity index (χ4v) is 3.40. The van der Waals surface area contributed by atoms with E-state index < -0.39 is 17.7 Å². The summed E-state index contributed by atoms with van der Waals surface area (Å²) in [6.45, 7) is 2.53. The average Bonchev–Trinajstić information content (AvgIpc) is 2.78. The summed E-state index contributed by atoms with van der Waals surface area (Å²) in [6, 6.07) is 11.7. The number of halogens is 1. The van der Waals surface area contributed by atoms with Crippen LogP contribution in [0, 0.1) is 17.1 Å². The van der Waals surface area contributed by atoms with Crippen molar-refractivity contribution in [2.24, 2.45) is 0 Å². The predicted molar refractivity (Wildman–Crippen MR) is 115 cm³/mol. The highest BCUT2D eigenvalue weighted by atomic mass is 19.1. The van der Waals surface area contributed by atoms with Gasteiger partial charge in [0.2, 0.25) is 5.91 Å². The van der Waals surface area contributed by atoms with Gasteiger partial charge < -0.3 is 20.6 Å². The monoisotopic (exact) mass is 439 g/mol. The molecule has 3 N–H and O–H groups in total. The van der Waals surface area contributed by atoms with Crippen LogP contribution in [0.15, 0.2) is 42.5 Å². The minimum absolute atomic E-state index is 0.0289. The van der Waals surface area contributed by atoms with Crippen molar-refractivity contribution in [2.45, 2.75) is 0 Å². The van der Waals surface area contributed by atoms with Crippen molar-refractivity contribution in [2.75, 3.05) is 49.5 Å². The lowest BCUT2D eigenvalue weighted by atomic mass is 10.1. The van der Waals surface area contributed by atoms with Gasteiger partial charge >= 0.3 is 5.97 Å². The van der Waals surface area contributed by atoms with Crippen LogP contribution in [0.2, 0.25) is 0 Å². The zero-order valence-electron chi connectivity index (χ0n) is 17.2. The van der Waals surface area contributed by atoms with Gasteiger partial charge in [0.05, 0.1) is 23.9 Å². The molecular formula is C22H22FN5O4. The summed E-state index contributed by atoms with van der Waals surface area (Å²) in [4.78, 5) is 39.9. The second-order valence-corrected chi connectivity index (χ2v) is 7.20. The van der Waals surface area contributed by atoms with E-state index in [1.165, 1.54) is 30.3 Å². The summed E-state index contributed by atoms with van der Waals surface area (Å²) >= 11 is 0. The standard InChI is InChI=1S/C22H22FN5O4/c23-16-3-1-2-15(12-16)21(30)26-19-5-4-17(13-18(19)22(31)32)28-10-8-27(9-11-28)14-20(29)25-7-6-24/h1-5,12-13H,7-11,14H2,(H,25,29)(H,26,30)(H,31,32). The largest absolute Gasteiger partial charge is 0.478 e. The summed E-state index contributed by atoms with van der Waals surface area (Å²) in [5.41, 5.74) is 0.800. The van der Waals surface area contributed by atoms with Gasteiger partial charge in [0.1, 0.15) is 12.4 Å². The van der Waals surface area contributed by atoms with Gasteiger partial charge in [0.15, 0.2) is 0 Å². The molecule has 1 fully saturated rings. The number of aromatic carboxylic acids is 1. The Bertz CT molecular complexity index is 1060. The first-order chi connectivity index (χ1) is 15.4. The number of rotatable bonds is 7. The second kappa shape index (κ2) is 10.4. The molecule has 1 saturated heterocycles. The number of nitriles is 1. The van der Waals surface area contributed by atoms with Crippen molar-refractivity contribution in [3.63, 3.8) is 0 Å². The molecule has 2 aromatic carbocycles. The molecule has 9 nitrogen and oxygen atoms in total. The van der Waals surface area contributed by atoms with Gasteiger partial charge in [-0.15, -0.1) is 0 Å². The summed E-state index contributed by atoms with van der Waals surface area (Å²) < 4.78 is 13.4. The number of hydrogen-bond donors (Lipinski definition) is 3. The Hall–Kier alpha value is -3.97. The molecule has 3 rings (SSSR count). The number of hydrogen-bond acceptors (Lipinski definition) is 6. The number of amides is 2. The molecule has 0 aliphatic carbocycles. The first-order valence-electron chi connectivity index (χ1n) is 9.92. The smallest absolute Gasteiger partial charge is 0.337 e. The van der Waals surface area contributed by atoms with Gasteiger partial charge in [0, 0.05) is 37.4 Å². The topological polar surface area (TPSA) is 126 Å². The second-order valence-electron chi connectivity index (χ2n) is 7.20. The number of nitrogens with zero attached hydrogens (tertiary/aromatic N) is 3. The molecule has 166 valence electrons. The molecule has 2 aromatic rings. The minimum Gasteiger partial charge on any atom is -0.478 e. The first-order valence-corrected chi connectivity index (χ1v) is 9.92. The third-order valence-corrected chi connectivity index (χ3v) is 5.04. The normalized spacial score (nSPS) is 13.8. The highest BCUT2D eigenvalue weighted by Gasteiger charge is 2.21. The van der Waals surface area contributed by atoms with Crippen molar-refractivity contribution in [3.8, 4) is 6.07 Å². The number of carbonyl (C=O) groups is 3. The van der Waals surface area contributed by atoms with Crippen LogP contribution in [-0.2, 0) is 4.79 Å². The molecule has 0 atom stereocenters. The van der Waals surface area contributed by atoms with Gasteiger partial charge in [0.25, 0.3) is 5.91 Å². The van der Waals surface area contributed by atoms with Crippen molar-refractivity contribution < 1.29 is 23.9 Å². The van der Waals surface area contributed by atoms with Crippen LogP contribution < -0.4 is 15.5 Å². The van der Waals surface area contributed by atoms with E-state index in [2.05, 4.69) is 10.6 Å². The zero-order chi connectivity index (χ0) is 23.1. The van der Waals surface area contributed by atoms with E-state index in [0.29, 0.717) is 31.9 Å². The van der Waals surface area contributed by atoms with Crippen molar-refractivity contribution in [1.82, 2.24) is 10.2 Å². The quantitative estimate of drug-likeness (QED) is 0.559. The van der Waals surface area contributed by atoms with Gasteiger partial charge in [-0.1, -0.05) is 6.07 Å². The van der Waals surface area contributed by atoms with Crippen LogP contribution in [0.1, 0.15) is 20.7 Å². The Balaban J connectivity index is 1.66. The molecule has 1 heterocycles. The molecular weight excluding hydrogens is 417 g/mol. The number of nitrogens with one attached hydrogen (secondary N) is 2. The van der Waals surface area contributed by atoms with Gasteiger partial charge in [-0.05, 0) is 36.4 Å². The SMILES string of the molecule is N#CCNC(=O)CN1CCN(c2ccc(NC(=O)c3cccc(F)c3)c(C(=O)O)c2)CC1. The Morgan fingerprint density at radius 2 is 1.84 bits per heavy atom. The summed E-state index contributed by atoms with van der Waals surface area (Å²) in [6.07, 6.45) is 0. The van der Waals surface area contributed by atoms with Gasteiger partial charge in [-0.3, -0.25) is 14.5 Å². The predicted octanol–water partition coefficient (Wildman–Crippen LogP) is 1.54. The van der Waals surface area contributed by atoms with E-state index in [1.54, 1.807) is 6.07 Å². The zero-order valence-corrected chi connectivity index (χ0v) is 17.2. The lowest BCUT2D eigenvalue weighted by molar-refractivity contribution is -0.122. The number of carbonyl (C=O) groups excluding carboxylic acids is 2. The summed E-state index contributed by atoms with van der Waals surface area (Å²) in [7, 11) is 0. The fraction of sp³-hybridized carbons (Fsp3) is 0.273. The van der Waals surface area contributed by atoms with Crippen LogP contribution in [0.3, 0.4) is 0 Å². The molecule has 0 bridgehead atoms. The third-order valence-electron chi connectivity index (χ3n) is 5.04. The Morgan fingerprint density at radius 3 is 2.50 bits per heavy atom. The fourth-order valence-electron chi connectivity index (χ4n) is 3.40. The molecule has 2 amide bonds.